The normalized spacial score (nSPS) is 35.2. The summed E-state index contributed by atoms with van der Waals surface area (Å²) < 4.78 is 6.24. The van der Waals surface area contributed by atoms with Crippen LogP contribution >= 0.6 is 0 Å². The second-order valence-electron chi connectivity index (χ2n) is 20.2. The van der Waals surface area contributed by atoms with Gasteiger partial charge in [0.25, 0.3) is 0 Å². The van der Waals surface area contributed by atoms with Crippen molar-refractivity contribution in [3.05, 3.63) is 47.0 Å². The molecule has 4 saturated carbocycles. The van der Waals surface area contributed by atoms with Gasteiger partial charge in [-0.2, -0.15) is 0 Å². The lowest BCUT2D eigenvalue weighted by Crippen LogP contribution is -2.65. The van der Waals surface area contributed by atoms with E-state index < -0.39 is 23.3 Å². The molecule has 0 heterocycles. The average Bonchev–Trinajstić information content (AvgIpc) is 3.13. The fourth-order valence-corrected chi connectivity index (χ4v) is 13.1. The minimum absolute atomic E-state index is 0.0259. The van der Waals surface area contributed by atoms with Crippen LogP contribution in [0.15, 0.2) is 35.9 Å². The smallest absolute Gasteiger partial charge is 0.339 e. The number of hydrogen-bond donors (Lipinski definition) is 4. The van der Waals surface area contributed by atoms with E-state index in [0.717, 1.165) is 77.0 Å². The van der Waals surface area contributed by atoms with Crippen LogP contribution in [0, 0.1) is 50.2 Å². The molecule has 5 aliphatic rings. The predicted octanol–water partition coefficient (Wildman–Crippen LogP) is 8.59. The number of carboxylic acid groups (broad SMARTS) is 2. The molecule has 2 amide bonds. The third-order valence-corrected chi connectivity index (χ3v) is 16.5. The van der Waals surface area contributed by atoms with Crippen molar-refractivity contribution < 1.29 is 38.9 Å². The molecule has 3 unspecified atom stereocenters. The van der Waals surface area contributed by atoms with Gasteiger partial charge >= 0.3 is 17.9 Å². The molecule has 0 radical (unpaired) electrons. The van der Waals surface area contributed by atoms with Crippen molar-refractivity contribution in [3.8, 4) is 0 Å². The monoisotopic (exact) mass is 774 g/mol. The number of fused-ring (bicyclic) bond motifs is 7. The van der Waals surface area contributed by atoms with E-state index >= 15 is 0 Å². The summed E-state index contributed by atoms with van der Waals surface area (Å²) in [4.78, 5) is 62.4. The van der Waals surface area contributed by atoms with Crippen molar-refractivity contribution in [2.45, 2.75) is 144 Å². The van der Waals surface area contributed by atoms with Crippen molar-refractivity contribution in [3.63, 3.8) is 0 Å². The Kier molecular flexibility index (Phi) is 11.4. The molecule has 0 bridgehead atoms. The summed E-state index contributed by atoms with van der Waals surface area (Å²) in [6.07, 6.45) is 14.3. The molecule has 1 aromatic carbocycles. The Morgan fingerprint density at radius 2 is 1.48 bits per heavy atom. The number of carbonyl (C=O) groups excluding carboxylic acids is 3. The van der Waals surface area contributed by atoms with E-state index in [-0.39, 0.29) is 75.0 Å². The summed E-state index contributed by atoms with van der Waals surface area (Å²) in [5.41, 5.74) is 1.02. The largest absolute Gasteiger partial charge is 0.480 e. The summed E-state index contributed by atoms with van der Waals surface area (Å²) in [5, 5.41) is 24.3. The first-order valence-electron chi connectivity index (χ1n) is 21.2. The fraction of sp³-hybridized carbons (Fsp3) is 0.717. The lowest BCUT2D eigenvalue weighted by Gasteiger charge is -2.71. The molecule has 10 heteroatoms. The Bertz CT molecular complexity index is 1770. The maximum Gasteiger partial charge on any atom is 0.339 e. The highest BCUT2D eigenvalue weighted by Gasteiger charge is 2.69. The number of esters is 1. The van der Waals surface area contributed by atoms with E-state index in [1.54, 1.807) is 18.2 Å². The zero-order valence-electron chi connectivity index (χ0n) is 34.9. The molecule has 4 N–H and O–H groups in total. The van der Waals surface area contributed by atoms with Gasteiger partial charge in [-0.05, 0) is 129 Å². The molecule has 4 fully saturated rings. The summed E-state index contributed by atoms with van der Waals surface area (Å²) in [6.45, 7) is 17.0. The van der Waals surface area contributed by atoms with Crippen LogP contribution in [0.25, 0.3) is 0 Å². The van der Waals surface area contributed by atoms with Crippen molar-refractivity contribution in [1.82, 2.24) is 10.6 Å². The number of unbranched alkanes of at least 4 members (excludes halogenated alkanes) is 2. The van der Waals surface area contributed by atoms with Crippen LogP contribution in [0.2, 0.25) is 0 Å². The van der Waals surface area contributed by atoms with Crippen molar-refractivity contribution >= 4 is 29.7 Å². The van der Waals surface area contributed by atoms with Gasteiger partial charge in [0.15, 0.2) is 0 Å². The van der Waals surface area contributed by atoms with Crippen molar-refractivity contribution in [2.24, 2.45) is 50.2 Å². The third-order valence-electron chi connectivity index (χ3n) is 16.5. The third kappa shape index (κ3) is 7.20. The SMILES string of the molecule is CC1(C)CC[C@]2(C(=O)NCCCCCC(=O)NCC(=O)O)CC[C@]3(C)C(=CCC4[C@@]5(C)CC[C@H](OC(=O)c6ccccc6C(=O)O)C(C)(C)C5CC[C@]43C)C2C1. The number of aromatic carboxylic acids is 1. The van der Waals surface area contributed by atoms with Gasteiger partial charge in [0.2, 0.25) is 11.8 Å². The van der Waals surface area contributed by atoms with Gasteiger partial charge in [-0.25, -0.2) is 9.59 Å². The first-order chi connectivity index (χ1) is 26.2. The number of amides is 2. The van der Waals surface area contributed by atoms with Gasteiger partial charge in [0.1, 0.15) is 12.6 Å². The molecule has 1 aromatic rings. The maximum absolute atomic E-state index is 14.4. The number of rotatable bonds is 12. The van der Waals surface area contributed by atoms with Gasteiger partial charge in [0, 0.05) is 18.4 Å². The molecule has 0 saturated heterocycles. The quantitative estimate of drug-likeness (QED) is 0.0934. The van der Waals surface area contributed by atoms with E-state index in [4.69, 9.17) is 9.84 Å². The Morgan fingerprint density at radius 1 is 0.786 bits per heavy atom. The van der Waals surface area contributed by atoms with Crippen molar-refractivity contribution in [2.75, 3.05) is 13.1 Å². The first-order valence-corrected chi connectivity index (χ1v) is 21.2. The van der Waals surface area contributed by atoms with Crippen LogP contribution in [0.5, 0.6) is 0 Å². The van der Waals surface area contributed by atoms with E-state index in [1.165, 1.54) is 11.6 Å². The zero-order chi connectivity index (χ0) is 40.9. The van der Waals surface area contributed by atoms with Crippen LogP contribution in [-0.4, -0.2) is 59.1 Å². The second kappa shape index (κ2) is 15.2. The topological polar surface area (TPSA) is 159 Å². The Labute approximate surface area is 333 Å². The van der Waals surface area contributed by atoms with Crippen LogP contribution in [-0.2, 0) is 19.1 Å². The molecule has 0 aromatic heterocycles. The fourth-order valence-electron chi connectivity index (χ4n) is 13.1. The minimum atomic E-state index is -1.14. The average molecular weight is 775 g/mol. The molecule has 0 aliphatic heterocycles. The van der Waals surface area contributed by atoms with Crippen LogP contribution in [0.4, 0.5) is 0 Å². The molecule has 10 nitrogen and oxygen atoms in total. The molecular formula is C46H66N2O8. The van der Waals surface area contributed by atoms with Crippen LogP contribution < -0.4 is 10.6 Å². The van der Waals surface area contributed by atoms with Gasteiger partial charge in [0.05, 0.1) is 16.5 Å². The second-order valence-corrected chi connectivity index (χ2v) is 20.2. The maximum atomic E-state index is 14.4. The molecule has 56 heavy (non-hydrogen) atoms. The highest BCUT2D eigenvalue weighted by molar-refractivity contribution is 6.02. The Morgan fingerprint density at radius 3 is 2.18 bits per heavy atom. The van der Waals surface area contributed by atoms with Gasteiger partial charge in [-0.15, -0.1) is 0 Å². The molecule has 308 valence electrons. The Balaban J connectivity index is 1.18. The number of nitrogens with one attached hydrogen (secondary N) is 2. The number of ether oxygens (including phenoxy) is 1. The summed E-state index contributed by atoms with van der Waals surface area (Å²) in [6, 6.07) is 6.30. The van der Waals surface area contributed by atoms with Crippen LogP contribution in [0.1, 0.15) is 159 Å². The molecule has 0 spiro atoms. The molecule has 5 aliphatic carbocycles. The lowest BCUT2D eigenvalue weighted by molar-refractivity contribution is -0.204. The van der Waals surface area contributed by atoms with Gasteiger partial charge in [-0.1, -0.05) is 78.7 Å². The lowest BCUT2D eigenvalue weighted by atomic mass is 9.33. The summed E-state index contributed by atoms with van der Waals surface area (Å²) in [5.74, 6) is -1.87. The van der Waals surface area contributed by atoms with Crippen LogP contribution in [0.3, 0.4) is 0 Å². The standard InChI is InChI=1S/C46H66N2O8/c1-41(2)22-24-46(40(55)47-26-12-8-9-15-36(49)48-28-37(50)51)25-23-44(6)31(32(46)27-41)16-17-34-43(5)20-19-35(42(3,4)33(43)18-21-45(34,44)7)56-39(54)30-14-11-10-13-29(30)38(52)53/h10-11,13-14,16,32-35H,8-9,12,15,17-28H2,1-7H3,(H,47,55)(H,48,49)(H,50,51)(H,52,53)/t32?,33?,34?,35-,43-,44+,45+,46-/m0/s1. The van der Waals surface area contributed by atoms with Gasteiger partial charge in [-0.3, -0.25) is 14.4 Å². The zero-order valence-corrected chi connectivity index (χ0v) is 34.9. The number of hydrogen-bond acceptors (Lipinski definition) is 6. The number of aliphatic carboxylic acids is 1. The van der Waals surface area contributed by atoms with Crippen molar-refractivity contribution in [1.29, 1.82) is 0 Å². The van der Waals surface area contributed by atoms with E-state index in [2.05, 4.69) is 65.2 Å². The predicted molar refractivity (Wildman–Crippen MR) is 214 cm³/mol. The highest BCUT2D eigenvalue weighted by Crippen LogP contribution is 2.76. The first kappa shape index (κ1) is 41.9. The summed E-state index contributed by atoms with van der Waals surface area (Å²) in [7, 11) is 0. The Hall–Kier alpha value is -3.69. The van der Waals surface area contributed by atoms with E-state index in [9.17, 15) is 29.1 Å². The van der Waals surface area contributed by atoms with Gasteiger partial charge < -0.3 is 25.6 Å². The minimum Gasteiger partial charge on any atom is -0.480 e. The highest BCUT2D eigenvalue weighted by atomic mass is 16.5. The van der Waals surface area contributed by atoms with E-state index in [0.29, 0.717) is 24.8 Å². The number of carboxylic acids is 2. The number of benzene rings is 1. The summed E-state index contributed by atoms with van der Waals surface area (Å²) >= 11 is 0. The molecular weight excluding hydrogens is 709 g/mol. The number of carbonyl (C=O) groups is 5. The van der Waals surface area contributed by atoms with E-state index in [1.807, 2.05) is 0 Å². The molecule has 6 rings (SSSR count). The molecule has 8 atom stereocenters. The number of allylic oxidation sites excluding steroid dienone is 2.